The van der Waals surface area contributed by atoms with Gasteiger partial charge in [0.2, 0.25) is 0 Å². The lowest BCUT2D eigenvalue weighted by atomic mass is 10.1. The molecule has 1 heterocycles. The summed E-state index contributed by atoms with van der Waals surface area (Å²) in [6.45, 7) is 6.28. The van der Waals surface area contributed by atoms with E-state index in [4.69, 9.17) is 0 Å². The monoisotopic (exact) mass is 278 g/mol. The van der Waals surface area contributed by atoms with Gasteiger partial charge >= 0.3 is 0 Å². The van der Waals surface area contributed by atoms with Crippen molar-refractivity contribution in [3.05, 3.63) is 46.8 Å². The Labute approximate surface area is 104 Å². The lowest BCUT2D eigenvalue weighted by Gasteiger charge is -2.04. The Kier molecular flexibility index (Phi) is 3.15. The van der Waals surface area contributed by atoms with Crippen LogP contribution in [0, 0.1) is 20.8 Å². The van der Waals surface area contributed by atoms with Crippen LogP contribution in [0.2, 0.25) is 0 Å². The van der Waals surface area contributed by atoms with Crippen molar-refractivity contribution < 1.29 is 0 Å². The molecule has 0 saturated carbocycles. The van der Waals surface area contributed by atoms with Crippen molar-refractivity contribution in [1.29, 1.82) is 0 Å². The van der Waals surface area contributed by atoms with Crippen molar-refractivity contribution in [3.63, 3.8) is 0 Å². The van der Waals surface area contributed by atoms with Crippen LogP contribution < -0.4 is 0 Å². The molecule has 2 nitrogen and oxygen atoms in total. The molecule has 0 saturated heterocycles. The molecule has 0 amide bonds. The number of alkyl halides is 1. The molecule has 0 aliphatic heterocycles. The largest absolute Gasteiger partial charge is 0.240 e. The van der Waals surface area contributed by atoms with Crippen LogP contribution in [0.25, 0.3) is 5.69 Å². The van der Waals surface area contributed by atoms with Crippen molar-refractivity contribution >= 4 is 15.9 Å². The summed E-state index contributed by atoms with van der Waals surface area (Å²) in [5, 5.41) is 5.36. The second-order valence-electron chi connectivity index (χ2n) is 4.09. The fourth-order valence-corrected chi connectivity index (χ4v) is 2.18. The van der Waals surface area contributed by atoms with Gasteiger partial charge in [-0.25, -0.2) is 4.68 Å². The fraction of sp³-hybridized carbons (Fsp3) is 0.308. The standard InChI is InChI=1S/C13H15BrN2/c1-9-4-5-13(6-10(9)2)16-8-12(7-14)11(3)15-16/h4-6,8H,7H2,1-3H3. The molecule has 0 spiro atoms. The third-order valence-electron chi connectivity index (χ3n) is 2.90. The molecular formula is C13H15BrN2. The molecule has 0 bridgehead atoms. The zero-order valence-electron chi connectivity index (χ0n) is 9.79. The molecule has 3 heteroatoms. The van der Waals surface area contributed by atoms with Gasteiger partial charge in [0, 0.05) is 17.1 Å². The number of nitrogens with zero attached hydrogens (tertiary/aromatic N) is 2. The van der Waals surface area contributed by atoms with Gasteiger partial charge < -0.3 is 0 Å². The van der Waals surface area contributed by atoms with Gasteiger partial charge in [-0.15, -0.1) is 0 Å². The van der Waals surface area contributed by atoms with E-state index >= 15 is 0 Å². The first-order chi connectivity index (χ1) is 7.61. The molecule has 0 fully saturated rings. The minimum absolute atomic E-state index is 0.851. The molecule has 1 aromatic carbocycles. The van der Waals surface area contributed by atoms with Crippen LogP contribution in [0.3, 0.4) is 0 Å². The number of halogens is 1. The van der Waals surface area contributed by atoms with E-state index in [0.717, 1.165) is 16.7 Å². The number of hydrogen-bond donors (Lipinski definition) is 0. The molecule has 2 aromatic rings. The van der Waals surface area contributed by atoms with Gasteiger partial charge in [0.05, 0.1) is 11.4 Å². The Hall–Kier alpha value is -1.09. The number of benzene rings is 1. The topological polar surface area (TPSA) is 17.8 Å². The molecule has 0 atom stereocenters. The number of aromatic nitrogens is 2. The third kappa shape index (κ3) is 2.05. The maximum absolute atomic E-state index is 4.51. The van der Waals surface area contributed by atoms with Crippen molar-refractivity contribution in [2.45, 2.75) is 26.1 Å². The highest BCUT2D eigenvalue weighted by molar-refractivity contribution is 9.08. The van der Waals surface area contributed by atoms with E-state index in [0.29, 0.717) is 0 Å². The first-order valence-corrected chi connectivity index (χ1v) is 6.42. The predicted molar refractivity (Wildman–Crippen MR) is 70.4 cm³/mol. The summed E-state index contributed by atoms with van der Waals surface area (Å²) in [6, 6.07) is 6.40. The lowest BCUT2D eigenvalue weighted by Crippen LogP contribution is -1.96. The first-order valence-electron chi connectivity index (χ1n) is 5.30. The molecule has 2 rings (SSSR count). The van der Waals surface area contributed by atoms with E-state index in [1.165, 1.54) is 16.7 Å². The maximum Gasteiger partial charge on any atom is 0.0648 e. The molecular weight excluding hydrogens is 264 g/mol. The quantitative estimate of drug-likeness (QED) is 0.766. The Bertz CT molecular complexity index is 515. The van der Waals surface area contributed by atoms with Gasteiger partial charge in [0.15, 0.2) is 0 Å². The Morgan fingerprint density at radius 1 is 1.19 bits per heavy atom. The molecule has 1 aromatic heterocycles. The molecule has 0 aliphatic rings. The van der Waals surface area contributed by atoms with Crippen LogP contribution >= 0.6 is 15.9 Å². The number of rotatable bonds is 2. The van der Waals surface area contributed by atoms with Crippen molar-refractivity contribution in [3.8, 4) is 5.69 Å². The van der Waals surface area contributed by atoms with Crippen LogP contribution in [-0.2, 0) is 5.33 Å². The van der Waals surface area contributed by atoms with Crippen LogP contribution in [0.4, 0.5) is 0 Å². The SMILES string of the molecule is Cc1ccc(-n2cc(CBr)c(C)n2)cc1C. The second-order valence-corrected chi connectivity index (χ2v) is 4.65. The van der Waals surface area contributed by atoms with Gasteiger partial charge in [0.1, 0.15) is 0 Å². The molecule has 84 valence electrons. The summed E-state index contributed by atoms with van der Waals surface area (Å²) < 4.78 is 1.94. The number of hydrogen-bond acceptors (Lipinski definition) is 1. The zero-order valence-corrected chi connectivity index (χ0v) is 11.4. The van der Waals surface area contributed by atoms with Crippen LogP contribution in [0.15, 0.2) is 24.4 Å². The molecule has 0 unspecified atom stereocenters. The third-order valence-corrected chi connectivity index (χ3v) is 3.50. The van der Waals surface area contributed by atoms with E-state index in [1.807, 2.05) is 11.6 Å². The van der Waals surface area contributed by atoms with E-state index in [2.05, 4.69) is 59.3 Å². The van der Waals surface area contributed by atoms with Crippen LogP contribution in [0.1, 0.15) is 22.4 Å². The summed E-state index contributed by atoms with van der Waals surface area (Å²) in [5.41, 5.74) is 6.05. The normalized spacial score (nSPS) is 10.8. The van der Waals surface area contributed by atoms with E-state index in [1.54, 1.807) is 0 Å². The van der Waals surface area contributed by atoms with Gasteiger partial charge in [-0.05, 0) is 44.0 Å². The maximum atomic E-state index is 4.51. The Morgan fingerprint density at radius 2 is 1.94 bits per heavy atom. The summed E-state index contributed by atoms with van der Waals surface area (Å²) in [7, 11) is 0. The molecule has 16 heavy (non-hydrogen) atoms. The molecule has 0 N–H and O–H groups in total. The minimum atomic E-state index is 0.851. The van der Waals surface area contributed by atoms with E-state index < -0.39 is 0 Å². The van der Waals surface area contributed by atoms with E-state index in [9.17, 15) is 0 Å². The van der Waals surface area contributed by atoms with Gasteiger partial charge in [-0.2, -0.15) is 5.10 Å². The van der Waals surface area contributed by atoms with Crippen molar-refractivity contribution in [2.24, 2.45) is 0 Å². The molecule has 0 aliphatic carbocycles. The average Bonchev–Trinajstić information content (AvgIpc) is 2.64. The lowest BCUT2D eigenvalue weighted by molar-refractivity contribution is 0.861. The average molecular weight is 279 g/mol. The van der Waals surface area contributed by atoms with Gasteiger partial charge in [-0.3, -0.25) is 0 Å². The Morgan fingerprint density at radius 3 is 2.50 bits per heavy atom. The minimum Gasteiger partial charge on any atom is -0.240 e. The highest BCUT2D eigenvalue weighted by atomic mass is 79.9. The highest BCUT2D eigenvalue weighted by Gasteiger charge is 2.05. The number of aryl methyl sites for hydroxylation is 3. The van der Waals surface area contributed by atoms with Crippen molar-refractivity contribution in [2.75, 3.05) is 0 Å². The summed E-state index contributed by atoms with van der Waals surface area (Å²) in [6.07, 6.45) is 2.08. The summed E-state index contributed by atoms with van der Waals surface area (Å²) in [4.78, 5) is 0. The highest BCUT2D eigenvalue weighted by Crippen LogP contribution is 2.17. The van der Waals surface area contributed by atoms with Crippen LogP contribution in [-0.4, -0.2) is 9.78 Å². The zero-order chi connectivity index (χ0) is 11.7. The predicted octanol–water partition coefficient (Wildman–Crippen LogP) is 3.69. The second kappa shape index (κ2) is 4.42. The smallest absolute Gasteiger partial charge is 0.0648 e. The fourth-order valence-electron chi connectivity index (χ4n) is 1.63. The van der Waals surface area contributed by atoms with E-state index in [-0.39, 0.29) is 0 Å². The summed E-state index contributed by atoms with van der Waals surface area (Å²) in [5.74, 6) is 0. The summed E-state index contributed by atoms with van der Waals surface area (Å²) >= 11 is 3.47. The van der Waals surface area contributed by atoms with Gasteiger partial charge in [0.25, 0.3) is 0 Å². The van der Waals surface area contributed by atoms with Crippen molar-refractivity contribution in [1.82, 2.24) is 9.78 Å². The van der Waals surface area contributed by atoms with Crippen LogP contribution in [0.5, 0.6) is 0 Å². The van der Waals surface area contributed by atoms with Gasteiger partial charge in [-0.1, -0.05) is 22.0 Å². The Balaban J connectivity index is 2.46. The molecule has 0 radical (unpaired) electrons. The first kappa shape index (κ1) is 11.4.